The van der Waals surface area contributed by atoms with E-state index in [1.807, 2.05) is 42.5 Å². The number of nitrogens with one attached hydrogen (secondary N) is 1. The van der Waals surface area contributed by atoms with Gasteiger partial charge in [-0.15, -0.1) is 11.3 Å². The highest BCUT2D eigenvalue weighted by molar-refractivity contribution is 7.20. The standard InChI is InChI=1S/C20H16N2O3S/c1-3-25-20(24)16-11(2)15-18(23)21-17(22-19(15)26-16)14-9-8-12-6-4-5-7-13(12)10-14/h4-10H,3H2,1-2H3,(H,21,22,23). The van der Waals surface area contributed by atoms with Crippen molar-refractivity contribution in [2.24, 2.45) is 0 Å². The highest BCUT2D eigenvalue weighted by Crippen LogP contribution is 2.29. The molecule has 0 spiro atoms. The molecule has 2 aromatic heterocycles. The molecule has 0 aliphatic heterocycles. The Labute approximate surface area is 153 Å². The summed E-state index contributed by atoms with van der Waals surface area (Å²) in [6.07, 6.45) is 0. The molecule has 0 saturated carbocycles. The number of aryl methyl sites for hydroxylation is 1. The molecular formula is C20H16N2O3S. The minimum atomic E-state index is -0.417. The van der Waals surface area contributed by atoms with Crippen LogP contribution < -0.4 is 5.56 Å². The molecule has 0 amide bonds. The number of hydrogen-bond donors (Lipinski definition) is 1. The predicted molar refractivity (Wildman–Crippen MR) is 104 cm³/mol. The van der Waals surface area contributed by atoms with Gasteiger partial charge in [0.1, 0.15) is 15.5 Å². The van der Waals surface area contributed by atoms with Crippen LogP contribution in [0.15, 0.2) is 47.3 Å². The Hall–Kier alpha value is -2.99. The lowest BCUT2D eigenvalue weighted by atomic mass is 10.1. The maximum atomic E-state index is 12.6. The van der Waals surface area contributed by atoms with Gasteiger partial charge in [0.05, 0.1) is 12.0 Å². The number of ether oxygens (including phenoxy) is 1. The summed E-state index contributed by atoms with van der Waals surface area (Å²) in [5.41, 5.74) is 1.19. The lowest BCUT2D eigenvalue weighted by Gasteiger charge is -2.03. The van der Waals surface area contributed by atoms with Crippen LogP contribution in [0.5, 0.6) is 0 Å². The molecule has 6 heteroatoms. The smallest absolute Gasteiger partial charge is 0.348 e. The van der Waals surface area contributed by atoms with Crippen LogP contribution in [0.3, 0.4) is 0 Å². The monoisotopic (exact) mass is 364 g/mol. The lowest BCUT2D eigenvalue weighted by Crippen LogP contribution is -2.10. The Kier molecular flexibility index (Phi) is 4.05. The number of hydrogen-bond acceptors (Lipinski definition) is 5. The maximum Gasteiger partial charge on any atom is 0.348 e. The largest absolute Gasteiger partial charge is 0.462 e. The van der Waals surface area contributed by atoms with Crippen molar-refractivity contribution in [2.45, 2.75) is 13.8 Å². The summed E-state index contributed by atoms with van der Waals surface area (Å²) in [6.45, 7) is 3.79. The van der Waals surface area contributed by atoms with Gasteiger partial charge in [-0.05, 0) is 36.2 Å². The van der Waals surface area contributed by atoms with Gasteiger partial charge in [0.25, 0.3) is 5.56 Å². The van der Waals surface area contributed by atoms with E-state index in [0.717, 1.165) is 16.3 Å². The molecule has 0 radical (unpaired) electrons. The van der Waals surface area contributed by atoms with E-state index < -0.39 is 5.97 Å². The van der Waals surface area contributed by atoms with E-state index in [1.165, 1.54) is 11.3 Å². The van der Waals surface area contributed by atoms with Gasteiger partial charge in [-0.1, -0.05) is 36.4 Å². The van der Waals surface area contributed by atoms with E-state index in [1.54, 1.807) is 13.8 Å². The average molecular weight is 364 g/mol. The summed E-state index contributed by atoms with van der Waals surface area (Å²) >= 11 is 1.19. The van der Waals surface area contributed by atoms with Gasteiger partial charge < -0.3 is 9.72 Å². The fourth-order valence-electron chi connectivity index (χ4n) is 3.01. The number of carbonyl (C=O) groups is 1. The number of rotatable bonds is 3. The van der Waals surface area contributed by atoms with Gasteiger partial charge in [-0.25, -0.2) is 9.78 Å². The molecule has 2 aromatic carbocycles. The van der Waals surface area contributed by atoms with Crippen molar-refractivity contribution >= 4 is 38.3 Å². The normalized spacial score (nSPS) is 11.2. The lowest BCUT2D eigenvalue weighted by molar-refractivity contribution is 0.0531. The van der Waals surface area contributed by atoms with E-state index in [2.05, 4.69) is 9.97 Å². The number of fused-ring (bicyclic) bond motifs is 2. The van der Waals surface area contributed by atoms with Crippen molar-refractivity contribution in [3.63, 3.8) is 0 Å². The van der Waals surface area contributed by atoms with Crippen LogP contribution in [0.2, 0.25) is 0 Å². The molecule has 26 heavy (non-hydrogen) atoms. The first-order valence-electron chi connectivity index (χ1n) is 8.28. The summed E-state index contributed by atoms with van der Waals surface area (Å²) in [5.74, 6) is 0.0737. The zero-order valence-corrected chi connectivity index (χ0v) is 15.1. The van der Waals surface area contributed by atoms with Crippen molar-refractivity contribution in [1.82, 2.24) is 9.97 Å². The van der Waals surface area contributed by atoms with Gasteiger partial charge >= 0.3 is 5.97 Å². The van der Waals surface area contributed by atoms with Crippen LogP contribution in [0.1, 0.15) is 22.2 Å². The number of H-pyrrole nitrogens is 1. The molecule has 0 atom stereocenters. The third-order valence-electron chi connectivity index (χ3n) is 4.28. The summed E-state index contributed by atoms with van der Waals surface area (Å²) in [6, 6.07) is 13.9. The van der Waals surface area contributed by atoms with Gasteiger partial charge in [0.15, 0.2) is 0 Å². The number of esters is 1. The van der Waals surface area contributed by atoms with Gasteiger partial charge in [-0.3, -0.25) is 4.79 Å². The molecule has 2 heterocycles. The van der Waals surface area contributed by atoms with Crippen molar-refractivity contribution in [3.8, 4) is 11.4 Å². The van der Waals surface area contributed by atoms with Gasteiger partial charge in [0, 0.05) is 5.56 Å². The molecule has 0 aliphatic carbocycles. The van der Waals surface area contributed by atoms with Crippen molar-refractivity contribution in [3.05, 3.63) is 63.3 Å². The SMILES string of the molecule is CCOC(=O)c1sc2nc(-c3ccc4ccccc4c3)[nH]c(=O)c2c1C. The number of nitrogens with zero attached hydrogens (tertiary/aromatic N) is 1. The minimum absolute atomic E-state index is 0.248. The number of carbonyl (C=O) groups excluding carboxylic acids is 1. The second-order valence-electron chi connectivity index (χ2n) is 5.93. The van der Waals surface area contributed by atoms with Crippen LogP contribution in [0, 0.1) is 6.92 Å². The van der Waals surface area contributed by atoms with E-state index >= 15 is 0 Å². The molecule has 0 fully saturated rings. The Bertz CT molecular complexity index is 1210. The Morgan fingerprint density at radius 1 is 1.19 bits per heavy atom. The molecule has 0 aliphatic rings. The van der Waals surface area contributed by atoms with Gasteiger partial charge in [-0.2, -0.15) is 0 Å². The first-order valence-corrected chi connectivity index (χ1v) is 9.10. The summed E-state index contributed by atoms with van der Waals surface area (Å²) in [4.78, 5) is 33.1. The highest BCUT2D eigenvalue weighted by atomic mass is 32.1. The van der Waals surface area contributed by atoms with E-state index in [9.17, 15) is 9.59 Å². The quantitative estimate of drug-likeness (QED) is 0.551. The van der Waals surface area contributed by atoms with E-state index in [-0.39, 0.29) is 5.56 Å². The Balaban J connectivity index is 1.88. The van der Waals surface area contributed by atoms with Crippen molar-refractivity contribution in [1.29, 1.82) is 0 Å². The highest BCUT2D eigenvalue weighted by Gasteiger charge is 2.20. The van der Waals surface area contributed by atoms with Crippen molar-refractivity contribution < 1.29 is 9.53 Å². The minimum Gasteiger partial charge on any atom is -0.462 e. The number of aromatic nitrogens is 2. The predicted octanol–water partition coefficient (Wildman–Crippen LogP) is 4.29. The zero-order chi connectivity index (χ0) is 18.3. The average Bonchev–Trinajstić information content (AvgIpc) is 2.98. The zero-order valence-electron chi connectivity index (χ0n) is 14.3. The molecular weight excluding hydrogens is 348 g/mol. The number of benzene rings is 2. The molecule has 130 valence electrons. The Morgan fingerprint density at radius 3 is 2.73 bits per heavy atom. The fraction of sp³-hybridized carbons (Fsp3) is 0.150. The summed E-state index contributed by atoms with van der Waals surface area (Å²) < 4.78 is 5.07. The second kappa shape index (κ2) is 6.38. The third kappa shape index (κ3) is 2.68. The molecule has 0 saturated heterocycles. The third-order valence-corrected chi connectivity index (χ3v) is 5.45. The van der Waals surface area contributed by atoms with Crippen molar-refractivity contribution in [2.75, 3.05) is 6.61 Å². The number of thiophene rings is 1. The maximum absolute atomic E-state index is 12.6. The van der Waals surface area contributed by atoms with Crippen LogP contribution in [-0.2, 0) is 4.74 Å². The molecule has 5 nitrogen and oxygen atoms in total. The first kappa shape index (κ1) is 16.5. The Morgan fingerprint density at radius 2 is 1.96 bits per heavy atom. The molecule has 0 bridgehead atoms. The van der Waals surface area contributed by atoms with Crippen LogP contribution in [0.25, 0.3) is 32.4 Å². The molecule has 0 unspecified atom stereocenters. The van der Waals surface area contributed by atoms with Gasteiger partial charge in [0.2, 0.25) is 0 Å². The first-order chi connectivity index (χ1) is 12.6. The number of aromatic amines is 1. The van der Waals surface area contributed by atoms with E-state index in [4.69, 9.17) is 4.74 Å². The molecule has 4 rings (SSSR count). The fourth-order valence-corrected chi connectivity index (χ4v) is 4.08. The summed E-state index contributed by atoms with van der Waals surface area (Å²) in [7, 11) is 0. The summed E-state index contributed by atoms with van der Waals surface area (Å²) in [5, 5.41) is 2.64. The van der Waals surface area contributed by atoms with Crippen LogP contribution in [0.4, 0.5) is 0 Å². The van der Waals surface area contributed by atoms with E-state index in [0.29, 0.717) is 33.1 Å². The second-order valence-corrected chi connectivity index (χ2v) is 6.93. The van der Waals surface area contributed by atoms with Crippen LogP contribution in [-0.4, -0.2) is 22.5 Å². The molecule has 4 aromatic rings. The molecule has 1 N–H and O–H groups in total. The topological polar surface area (TPSA) is 72.0 Å². The van der Waals surface area contributed by atoms with Crippen LogP contribution >= 0.6 is 11.3 Å².